The van der Waals surface area contributed by atoms with E-state index in [1.54, 1.807) is 32.9 Å². The van der Waals surface area contributed by atoms with Gasteiger partial charge in [0.25, 0.3) is 0 Å². The summed E-state index contributed by atoms with van der Waals surface area (Å²) in [6.07, 6.45) is -0.530. The molecule has 0 atom stereocenters. The van der Waals surface area contributed by atoms with Crippen molar-refractivity contribution in [2.24, 2.45) is 0 Å². The summed E-state index contributed by atoms with van der Waals surface area (Å²) < 4.78 is 5.05. The quantitative estimate of drug-likeness (QED) is 0.639. The summed E-state index contributed by atoms with van der Waals surface area (Å²) in [4.78, 5) is 22.9. The minimum atomic E-state index is -0.551. The number of carbonyl (C=O) groups is 2. The number of benzene rings is 1. The summed E-state index contributed by atoms with van der Waals surface area (Å²) >= 11 is 0. The number of phenols is 1. The number of aromatic hydroxyl groups is 1. The van der Waals surface area contributed by atoms with Gasteiger partial charge in [-0.3, -0.25) is 0 Å². The number of alkyl carbamates (subject to hydrolysis) is 1. The average molecular weight is 295 g/mol. The van der Waals surface area contributed by atoms with E-state index < -0.39 is 17.7 Å². The van der Waals surface area contributed by atoms with Gasteiger partial charge in [0.1, 0.15) is 11.4 Å². The molecular formula is C14H21N3O4. The third kappa shape index (κ3) is 7.66. The van der Waals surface area contributed by atoms with E-state index in [0.717, 1.165) is 0 Å². The van der Waals surface area contributed by atoms with E-state index >= 15 is 0 Å². The number of urea groups is 1. The highest BCUT2D eigenvalue weighted by molar-refractivity contribution is 5.89. The fourth-order valence-electron chi connectivity index (χ4n) is 1.41. The third-order valence-corrected chi connectivity index (χ3v) is 2.18. The highest BCUT2D eigenvalue weighted by atomic mass is 16.6. The first-order valence-corrected chi connectivity index (χ1v) is 6.57. The van der Waals surface area contributed by atoms with Gasteiger partial charge in [0, 0.05) is 24.8 Å². The first-order chi connectivity index (χ1) is 9.76. The van der Waals surface area contributed by atoms with Crippen LogP contribution < -0.4 is 16.0 Å². The third-order valence-electron chi connectivity index (χ3n) is 2.18. The molecule has 0 aliphatic carbocycles. The van der Waals surface area contributed by atoms with Crippen LogP contribution in [0.5, 0.6) is 5.75 Å². The summed E-state index contributed by atoms with van der Waals surface area (Å²) in [7, 11) is 0. The fraction of sp³-hybridized carbons (Fsp3) is 0.429. The van der Waals surface area contributed by atoms with Crippen LogP contribution in [0.3, 0.4) is 0 Å². The molecule has 3 amide bonds. The number of phenolic OH excluding ortho intramolecular Hbond substituents is 1. The summed E-state index contributed by atoms with van der Waals surface area (Å²) in [5, 5.41) is 16.9. The molecule has 0 bridgehead atoms. The molecule has 0 fully saturated rings. The van der Waals surface area contributed by atoms with Gasteiger partial charge in [0.05, 0.1) is 0 Å². The molecule has 0 saturated heterocycles. The molecule has 0 unspecified atom stereocenters. The van der Waals surface area contributed by atoms with Crippen molar-refractivity contribution < 1.29 is 19.4 Å². The lowest BCUT2D eigenvalue weighted by Gasteiger charge is -2.19. The van der Waals surface area contributed by atoms with Gasteiger partial charge in [0.2, 0.25) is 0 Å². The van der Waals surface area contributed by atoms with Crippen molar-refractivity contribution in [2.45, 2.75) is 26.4 Å². The molecule has 0 aliphatic heterocycles. The number of anilines is 1. The van der Waals surface area contributed by atoms with Crippen LogP contribution in [-0.4, -0.2) is 35.9 Å². The minimum Gasteiger partial charge on any atom is -0.508 e. The number of rotatable bonds is 4. The van der Waals surface area contributed by atoms with Gasteiger partial charge in [-0.2, -0.15) is 0 Å². The SMILES string of the molecule is CC(C)(C)OC(=O)NCCNC(=O)Nc1cccc(O)c1. The van der Waals surface area contributed by atoms with Crippen molar-refractivity contribution in [1.82, 2.24) is 10.6 Å². The zero-order valence-electron chi connectivity index (χ0n) is 12.4. The first kappa shape index (κ1) is 16.6. The number of carbonyl (C=O) groups excluding carboxylic acids is 2. The second-order valence-electron chi connectivity index (χ2n) is 5.36. The molecule has 0 spiro atoms. The lowest BCUT2D eigenvalue weighted by molar-refractivity contribution is 0.0528. The zero-order valence-corrected chi connectivity index (χ0v) is 12.4. The molecule has 7 nitrogen and oxygen atoms in total. The first-order valence-electron chi connectivity index (χ1n) is 6.57. The fourth-order valence-corrected chi connectivity index (χ4v) is 1.41. The smallest absolute Gasteiger partial charge is 0.407 e. The molecule has 0 saturated carbocycles. The lowest BCUT2D eigenvalue weighted by atomic mass is 10.2. The minimum absolute atomic E-state index is 0.0689. The van der Waals surface area contributed by atoms with Gasteiger partial charge in [-0.05, 0) is 32.9 Å². The predicted octanol–water partition coefficient (Wildman–Crippen LogP) is 2.04. The van der Waals surface area contributed by atoms with E-state index in [1.165, 1.54) is 12.1 Å². The zero-order chi connectivity index (χ0) is 15.9. The molecule has 21 heavy (non-hydrogen) atoms. The molecule has 0 aliphatic rings. The van der Waals surface area contributed by atoms with Gasteiger partial charge in [0.15, 0.2) is 0 Å². The molecule has 4 N–H and O–H groups in total. The van der Waals surface area contributed by atoms with E-state index in [0.29, 0.717) is 5.69 Å². The van der Waals surface area contributed by atoms with Crippen molar-refractivity contribution in [3.05, 3.63) is 24.3 Å². The van der Waals surface area contributed by atoms with Crippen molar-refractivity contribution in [1.29, 1.82) is 0 Å². The maximum atomic E-state index is 11.5. The number of hydrogen-bond donors (Lipinski definition) is 4. The van der Waals surface area contributed by atoms with E-state index in [9.17, 15) is 14.7 Å². The number of ether oxygens (including phenoxy) is 1. The van der Waals surface area contributed by atoms with Crippen LogP contribution in [-0.2, 0) is 4.74 Å². The van der Waals surface area contributed by atoms with Crippen LogP contribution in [0.15, 0.2) is 24.3 Å². The second-order valence-corrected chi connectivity index (χ2v) is 5.36. The Hall–Kier alpha value is -2.44. The molecule has 0 aromatic heterocycles. The second kappa shape index (κ2) is 7.37. The van der Waals surface area contributed by atoms with Crippen LogP contribution in [0.25, 0.3) is 0 Å². The summed E-state index contributed by atoms with van der Waals surface area (Å²) in [6, 6.07) is 5.78. The van der Waals surface area contributed by atoms with E-state index in [4.69, 9.17) is 4.74 Å². The van der Waals surface area contributed by atoms with Gasteiger partial charge >= 0.3 is 12.1 Å². The van der Waals surface area contributed by atoms with Crippen LogP contribution in [0.2, 0.25) is 0 Å². The van der Waals surface area contributed by atoms with Gasteiger partial charge < -0.3 is 25.8 Å². The monoisotopic (exact) mass is 295 g/mol. The van der Waals surface area contributed by atoms with E-state index in [1.807, 2.05) is 0 Å². The standard InChI is InChI=1S/C14H21N3O4/c1-14(2,3)21-13(20)16-8-7-15-12(19)17-10-5-4-6-11(18)9-10/h4-6,9,18H,7-8H2,1-3H3,(H,16,20)(H2,15,17,19). The average Bonchev–Trinajstić information content (AvgIpc) is 2.32. The summed E-state index contributed by atoms with van der Waals surface area (Å²) in [5.74, 6) is 0.0689. The largest absolute Gasteiger partial charge is 0.508 e. The summed E-state index contributed by atoms with van der Waals surface area (Å²) in [5.41, 5.74) is -0.0721. The molecule has 7 heteroatoms. The van der Waals surface area contributed by atoms with E-state index in [-0.39, 0.29) is 18.8 Å². The Morgan fingerprint density at radius 1 is 1.19 bits per heavy atom. The number of amides is 3. The van der Waals surface area contributed by atoms with Gasteiger partial charge in [-0.25, -0.2) is 9.59 Å². The highest BCUT2D eigenvalue weighted by Gasteiger charge is 2.15. The van der Waals surface area contributed by atoms with Gasteiger partial charge in [-0.1, -0.05) is 6.07 Å². The Morgan fingerprint density at radius 3 is 2.48 bits per heavy atom. The Labute approximate surface area is 123 Å². The van der Waals surface area contributed by atoms with Crippen molar-refractivity contribution in [2.75, 3.05) is 18.4 Å². The molecule has 1 aromatic rings. The summed E-state index contributed by atoms with van der Waals surface area (Å²) in [6.45, 7) is 5.82. The Balaban J connectivity index is 2.21. The molecule has 1 aromatic carbocycles. The maximum Gasteiger partial charge on any atom is 0.407 e. The topological polar surface area (TPSA) is 99.7 Å². The normalized spacial score (nSPS) is 10.6. The van der Waals surface area contributed by atoms with Crippen LogP contribution in [0.4, 0.5) is 15.3 Å². The van der Waals surface area contributed by atoms with Crippen LogP contribution in [0, 0.1) is 0 Å². The van der Waals surface area contributed by atoms with Crippen molar-refractivity contribution in [3.63, 3.8) is 0 Å². The molecule has 0 radical (unpaired) electrons. The van der Waals surface area contributed by atoms with Crippen molar-refractivity contribution >= 4 is 17.8 Å². The Morgan fingerprint density at radius 2 is 1.86 bits per heavy atom. The van der Waals surface area contributed by atoms with Crippen LogP contribution in [0.1, 0.15) is 20.8 Å². The molecule has 0 heterocycles. The molecular weight excluding hydrogens is 274 g/mol. The van der Waals surface area contributed by atoms with E-state index in [2.05, 4.69) is 16.0 Å². The lowest BCUT2D eigenvalue weighted by Crippen LogP contribution is -2.39. The number of hydrogen-bond acceptors (Lipinski definition) is 4. The maximum absolute atomic E-state index is 11.5. The number of nitrogens with one attached hydrogen (secondary N) is 3. The Bertz CT molecular complexity index is 497. The molecule has 1 rings (SSSR count). The Kier molecular flexibility index (Phi) is 5.83. The molecule has 116 valence electrons. The van der Waals surface area contributed by atoms with Gasteiger partial charge in [-0.15, -0.1) is 0 Å². The van der Waals surface area contributed by atoms with Crippen molar-refractivity contribution in [3.8, 4) is 5.75 Å². The highest BCUT2D eigenvalue weighted by Crippen LogP contribution is 2.14. The van der Waals surface area contributed by atoms with Crippen LogP contribution >= 0.6 is 0 Å². The predicted molar refractivity (Wildman–Crippen MR) is 79.4 cm³/mol.